The number of benzene rings is 1. The van der Waals surface area contributed by atoms with Crippen molar-refractivity contribution in [2.24, 2.45) is 0 Å². The average molecular weight is 262 g/mol. The first-order valence-electron chi connectivity index (χ1n) is 6.56. The molecule has 1 heterocycles. The van der Waals surface area contributed by atoms with Crippen LogP contribution in [0.4, 0.5) is 0 Å². The van der Waals surface area contributed by atoms with E-state index in [1.54, 1.807) is 7.11 Å². The summed E-state index contributed by atoms with van der Waals surface area (Å²) in [7, 11) is 5.80. The number of methoxy groups -OCH3 is 1. The van der Waals surface area contributed by atoms with Crippen LogP contribution in [0.25, 0.3) is 11.0 Å². The monoisotopic (exact) mass is 262 g/mol. The number of ether oxygens (including phenoxy) is 1. The predicted octanol–water partition coefficient (Wildman–Crippen LogP) is 2.65. The molecule has 0 saturated carbocycles. The zero-order valence-electron chi connectivity index (χ0n) is 12.1. The van der Waals surface area contributed by atoms with Gasteiger partial charge >= 0.3 is 0 Å². The van der Waals surface area contributed by atoms with Crippen molar-refractivity contribution in [3.63, 3.8) is 0 Å². The Kier molecular flexibility index (Phi) is 4.45. The summed E-state index contributed by atoms with van der Waals surface area (Å²) in [4.78, 5) is 2.15. The number of hydrogen-bond donors (Lipinski definition) is 1. The molecule has 0 radical (unpaired) electrons. The van der Waals surface area contributed by atoms with Crippen LogP contribution in [0.1, 0.15) is 18.7 Å². The highest BCUT2D eigenvalue weighted by Crippen LogP contribution is 2.30. The second-order valence-electron chi connectivity index (χ2n) is 5.01. The number of rotatable bonds is 6. The summed E-state index contributed by atoms with van der Waals surface area (Å²) in [5.41, 5.74) is 0.821. The van der Waals surface area contributed by atoms with Crippen LogP contribution in [0, 0.1) is 0 Å². The number of likely N-dealkylation sites (N-methyl/N-ethyl adjacent to an activating group) is 1. The summed E-state index contributed by atoms with van der Waals surface area (Å²) in [6.45, 7) is 4.05. The molecule has 1 unspecified atom stereocenters. The van der Waals surface area contributed by atoms with Gasteiger partial charge < -0.3 is 19.4 Å². The molecule has 1 aromatic carbocycles. The minimum Gasteiger partial charge on any atom is -0.493 e. The Hall–Kier alpha value is -1.52. The smallest absolute Gasteiger partial charge is 0.176 e. The number of furan rings is 1. The summed E-state index contributed by atoms with van der Waals surface area (Å²) in [5, 5.41) is 4.53. The molecule has 0 aliphatic carbocycles. The molecule has 1 N–H and O–H groups in total. The van der Waals surface area contributed by atoms with Crippen LogP contribution in [-0.2, 0) is 0 Å². The van der Waals surface area contributed by atoms with Crippen molar-refractivity contribution in [3.05, 3.63) is 30.0 Å². The maximum atomic E-state index is 5.91. The normalized spacial score (nSPS) is 13.1. The molecule has 4 heteroatoms. The van der Waals surface area contributed by atoms with E-state index in [0.29, 0.717) is 0 Å². The first-order valence-corrected chi connectivity index (χ1v) is 6.56. The third-order valence-electron chi connectivity index (χ3n) is 3.18. The van der Waals surface area contributed by atoms with Gasteiger partial charge in [0.15, 0.2) is 11.3 Å². The highest BCUT2D eigenvalue weighted by molar-refractivity contribution is 5.83. The van der Waals surface area contributed by atoms with Crippen LogP contribution in [0.15, 0.2) is 28.7 Å². The Bertz CT molecular complexity index is 534. The number of hydrogen-bond acceptors (Lipinski definition) is 4. The second-order valence-corrected chi connectivity index (χ2v) is 5.01. The van der Waals surface area contributed by atoms with Gasteiger partial charge in [0.05, 0.1) is 13.2 Å². The lowest BCUT2D eigenvalue weighted by Crippen LogP contribution is -2.28. The predicted molar refractivity (Wildman–Crippen MR) is 77.7 cm³/mol. The van der Waals surface area contributed by atoms with Crippen molar-refractivity contribution in [1.82, 2.24) is 10.2 Å². The van der Waals surface area contributed by atoms with Gasteiger partial charge in [-0.05, 0) is 33.2 Å². The Morgan fingerprint density at radius 3 is 2.84 bits per heavy atom. The number of nitrogens with one attached hydrogen (secondary N) is 1. The largest absolute Gasteiger partial charge is 0.493 e. The van der Waals surface area contributed by atoms with Crippen LogP contribution >= 0.6 is 0 Å². The third-order valence-corrected chi connectivity index (χ3v) is 3.18. The van der Waals surface area contributed by atoms with Crippen molar-refractivity contribution >= 4 is 11.0 Å². The number of fused-ring (bicyclic) bond motifs is 1. The zero-order valence-corrected chi connectivity index (χ0v) is 12.1. The fraction of sp³-hybridized carbons (Fsp3) is 0.467. The topological polar surface area (TPSA) is 37.6 Å². The Morgan fingerprint density at radius 1 is 1.37 bits per heavy atom. The van der Waals surface area contributed by atoms with Crippen LogP contribution < -0.4 is 10.1 Å². The summed E-state index contributed by atoms with van der Waals surface area (Å²) >= 11 is 0. The lowest BCUT2D eigenvalue weighted by atomic mass is 10.2. The van der Waals surface area contributed by atoms with Gasteiger partial charge in [0.2, 0.25) is 0 Å². The molecule has 2 rings (SSSR count). The van der Waals surface area contributed by atoms with Crippen molar-refractivity contribution in [2.45, 2.75) is 13.0 Å². The quantitative estimate of drug-likeness (QED) is 0.868. The molecule has 1 atom stereocenters. The lowest BCUT2D eigenvalue weighted by Gasteiger charge is -2.14. The summed E-state index contributed by atoms with van der Waals surface area (Å²) in [6.07, 6.45) is 0. The van der Waals surface area contributed by atoms with Gasteiger partial charge in [-0.3, -0.25) is 0 Å². The Balaban J connectivity index is 2.12. The van der Waals surface area contributed by atoms with E-state index in [1.807, 2.05) is 18.2 Å². The molecule has 0 amide bonds. The van der Waals surface area contributed by atoms with Crippen LogP contribution in [0.3, 0.4) is 0 Å². The van der Waals surface area contributed by atoms with Crippen molar-refractivity contribution < 1.29 is 9.15 Å². The molecule has 0 aliphatic rings. The van der Waals surface area contributed by atoms with Gasteiger partial charge in [-0.2, -0.15) is 0 Å². The molecule has 2 aromatic rings. The molecule has 0 aliphatic heterocycles. The zero-order chi connectivity index (χ0) is 13.8. The maximum absolute atomic E-state index is 5.91. The van der Waals surface area contributed by atoms with Crippen molar-refractivity contribution in [2.75, 3.05) is 34.3 Å². The first-order chi connectivity index (χ1) is 9.11. The van der Waals surface area contributed by atoms with Gasteiger partial charge in [0, 0.05) is 18.5 Å². The molecule has 0 fully saturated rings. The Labute approximate surface area is 114 Å². The second kappa shape index (κ2) is 6.08. The van der Waals surface area contributed by atoms with E-state index in [-0.39, 0.29) is 6.04 Å². The van der Waals surface area contributed by atoms with Gasteiger partial charge in [-0.1, -0.05) is 12.1 Å². The summed E-state index contributed by atoms with van der Waals surface area (Å²) in [6, 6.07) is 8.20. The first kappa shape index (κ1) is 13.9. The van der Waals surface area contributed by atoms with E-state index in [2.05, 4.69) is 37.3 Å². The van der Waals surface area contributed by atoms with E-state index < -0.39 is 0 Å². The van der Waals surface area contributed by atoms with Crippen LogP contribution in [0.5, 0.6) is 5.75 Å². The highest BCUT2D eigenvalue weighted by atomic mass is 16.5. The molecule has 0 spiro atoms. The summed E-state index contributed by atoms with van der Waals surface area (Å²) < 4.78 is 11.2. The van der Waals surface area contributed by atoms with E-state index in [1.165, 1.54) is 0 Å². The van der Waals surface area contributed by atoms with E-state index in [9.17, 15) is 0 Å². The van der Waals surface area contributed by atoms with E-state index in [0.717, 1.165) is 35.6 Å². The SMILES string of the molecule is COc1cccc2cc(C(C)NCCN(C)C)oc12. The molecule has 0 bridgehead atoms. The van der Waals surface area contributed by atoms with Gasteiger partial charge in [0.25, 0.3) is 0 Å². The third kappa shape index (κ3) is 3.28. The van der Waals surface area contributed by atoms with Gasteiger partial charge in [0.1, 0.15) is 5.76 Å². The van der Waals surface area contributed by atoms with E-state index in [4.69, 9.17) is 9.15 Å². The average Bonchev–Trinajstić information content (AvgIpc) is 2.81. The molecular formula is C15H22N2O2. The standard InChI is InChI=1S/C15H22N2O2/c1-11(16-8-9-17(2)3)14-10-12-6-5-7-13(18-4)15(12)19-14/h5-7,10-11,16H,8-9H2,1-4H3. The minimum absolute atomic E-state index is 0.192. The fourth-order valence-corrected chi connectivity index (χ4v) is 2.04. The lowest BCUT2D eigenvalue weighted by molar-refractivity contribution is 0.371. The summed E-state index contributed by atoms with van der Waals surface area (Å²) in [5.74, 6) is 1.72. The molecule has 0 saturated heterocycles. The molecule has 104 valence electrons. The molecular weight excluding hydrogens is 240 g/mol. The Morgan fingerprint density at radius 2 is 2.16 bits per heavy atom. The molecule has 4 nitrogen and oxygen atoms in total. The molecule has 19 heavy (non-hydrogen) atoms. The molecule has 1 aromatic heterocycles. The van der Waals surface area contributed by atoms with Crippen molar-refractivity contribution in [3.8, 4) is 5.75 Å². The van der Waals surface area contributed by atoms with Gasteiger partial charge in [-0.25, -0.2) is 0 Å². The van der Waals surface area contributed by atoms with Crippen LogP contribution in [-0.4, -0.2) is 39.2 Å². The van der Waals surface area contributed by atoms with Crippen LogP contribution in [0.2, 0.25) is 0 Å². The number of nitrogens with zero attached hydrogens (tertiary/aromatic N) is 1. The maximum Gasteiger partial charge on any atom is 0.176 e. The number of para-hydroxylation sites is 1. The highest BCUT2D eigenvalue weighted by Gasteiger charge is 2.13. The van der Waals surface area contributed by atoms with Gasteiger partial charge in [-0.15, -0.1) is 0 Å². The van der Waals surface area contributed by atoms with Crippen molar-refractivity contribution in [1.29, 1.82) is 0 Å². The fourth-order valence-electron chi connectivity index (χ4n) is 2.04. The minimum atomic E-state index is 0.192. The van der Waals surface area contributed by atoms with E-state index >= 15 is 0 Å².